The molecule has 6 nitrogen and oxygen atoms in total. The van der Waals surface area contributed by atoms with Crippen LogP contribution in [0.2, 0.25) is 0 Å². The molecule has 0 fully saturated rings. The molecule has 1 aliphatic rings. The number of ether oxygens (including phenoxy) is 1. The SMILES string of the molecule is COc1cc(C(C)(C)C)c(O)c2c1CN(Cc1cccnc1)C(=O)N2. The van der Waals surface area contributed by atoms with E-state index in [1.54, 1.807) is 24.4 Å². The molecule has 2 N–H and O–H groups in total. The number of fused-ring (bicyclic) bond motifs is 1. The van der Waals surface area contributed by atoms with Crippen LogP contribution in [0.5, 0.6) is 11.5 Å². The third-order valence-electron chi connectivity index (χ3n) is 4.36. The Kier molecular flexibility index (Phi) is 4.29. The lowest BCUT2D eigenvalue weighted by atomic mass is 9.84. The van der Waals surface area contributed by atoms with Gasteiger partial charge in [0, 0.05) is 30.1 Å². The lowest BCUT2D eigenvalue weighted by molar-refractivity contribution is 0.202. The van der Waals surface area contributed by atoms with Gasteiger partial charge in [0.05, 0.1) is 19.3 Å². The number of aromatic nitrogens is 1. The quantitative estimate of drug-likeness (QED) is 0.836. The number of carbonyl (C=O) groups is 1. The average Bonchev–Trinajstić information content (AvgIpc) is 2.56. The highest BCUT2D eigenvalue weighted by Crippen LogP contribution is 2.45. The molecule has 2 aromatic rings. The fraction of sp³-hybridized carbons (Fsp3) is 0.368. The highest BCUT2D eigenvalue weighted by Gasteiger charge is 2.31. The second-order valence-electron chi connectivity index (χ2n) is 7.23. The Morgan fingerprint density at radius 1 is 1.40 bits per heavy atom. The van der Waals surface area contributed by atoms with Gasteiger partial charge in [-0.3, -0.25) is 4.98 Å². The number of benzene rings is 1. The van der Waals surface area contributed by atoms with E-state index in [1.165, 1.54) is 0 Å². The van der Waals surface area contributed by atoms with Crippen LogP contribution >= 0.6 is 0 Å². The van der Waals surface area contributed by atoms with Crippen molar-refractivity contribution in [2.45, 2.75) is 39.3 Å². The Morgan fingerprint density at radius 3 is 2.76 bits per heavy atom. The number of methoxy groups -OCH3 is 1. The smallest absolute Gasteiger partial charge is 0.322 e. The zero-order valence-electron chi connectivity index (χ0n) is 15.0. The molecule has 0 spiro atoms. The van der Waals surface area contributed by atoms with Crippen molar-refractivity contribution in [3.05, 3.63) is 47.3 Å². The summed E-state index contributed by atoms with van der Waals surface area (Å²) >= 11 is 0. The van der Waals surface area contributed by atoms with Gasteiger partial charge in [-0.25, -0.2) is 4.79 Å². The van der Waals surface area contributed by atoms with Crippen molar-refractivity contribution < 1.29 is 14.6 Å². The zero-order chi connectivity index (χ0) is 18.2. The Balaban J connectivity index is 2.00. The van der Waals surface area contributed by atoms with Crippen molar-refractivity contribution in [2.75, 3.05) is 12.4 Å². The number of pyridine rings is 1. The van der Waals surface area contributed by atoms with Gasteiger partial charge in [-0.05, 0) is 23.1 Å². The molecule has 3 rings (SSSR count). The molecule has 0 atom stereocenters. The summed E-state index contributed by atoms with van der Waals surface area (Å²) in [5.41, 5.74) is 2.62. The molecule has 132 valence electrons. The van der Waals surface area contributed by atoms with E-state index in [0.717, 1.165) is 16.7 Å². The van der Waals surface area contributed by atoms with E-state index in [-0.39, 0.29) is 17.2 Å². The van der Waals surface area contributed by atoms with Crippen molar-refractivity contribution >= 4 is 11.7 Å². The molecule has 0 saturated carbocycles. The van der Waals surface area contributed by atoms with Crippen molar-refractivity contribution in [3.8, 4) is 11.5 Å². The first-order chi connectivity index (χ1) is 11.8. The highest BCUT2D eigenvalue weighted by molar-refractivity contribution is 5.95. The summed E-state index contributed by atoms with van der Waals surface area (Å²) in [5, 5.41) is 13.5. The summed E-state index contributed by atoms with van der Waals surface area (Å²) in [5.74, 6) is 0.770. The molecule has 0 unspecified atom stereocenters. The van der Waals surface area contributed by atoms with Crippen molar-refractivity contribution in [2.24, 2.45) is 0 Å². The number of phenols is 1. The van der Waals surface area contributed by atoms with Crippen LogP contribution in [0.25, 0.3) is 0 Å². The molecule has 0 radical (unpaired) electrons. The molecule has 6 heteroatoms. The molecule has 0 bridgehead atoms. The number of carbonyl (C=O) groups excluding carboxylic acids is 1. The summed E-state index contributed by atoms with van der Waals surface area (Å²) in [6.45, 7) is 6.81. The van der Waals surface area contributed by atoms with Crippen molar-refractivity contribution in [1.82, 2.24) is 9.88 Å². The van der Waals surface area contributed by atoms with Gasteiger partial charge in [-0.15, -0.1) is 0 Å². The monoisotopic (exact) mass is 341 g/mol. The van der Waals surface area contributed by atoms with E-state index in [4.69, 9.17) is 4.74 Å². The number of amides is 2. The summed E-state index contributed by atoms with van der Waals surface area (Å²) < 4.78 is 5.54. The van der Waals surface area contributed by atoms with E-state index in [1.807, 2.05) is 39.0 Å². The lowest BCUT2D eigenvalue weighted by Gasteiger charge is -2.33. The van der Waals surface area contributed by atoms with E-state index < -0.39 is 0 Å². The molecule has 2 heterocycles. The molecule has 0 aliphatic carbocycles. The minimum atomic E-state index is -0.274. The molecule has 1 aromatic heterocycles. The summed E-state index contributed by atoms with van der Waals surface area (Å²) in [7, 11) is 1.60. The number of hydrogen-bond acceptors (Lipinski definition) is 4. The first kappa shape index (κ1) is 17.1. The summed E-state index contributed by atoms with van der Waals surface area (Å²) in [6, 6.07) is 5.37. The van der Waals surface area contributed by atoms with Gasteiger partial charge in [-0.1, -0.05) is 26.8 Å². The van der Waals surface area contributed by atoms with Gasteiger partial charge in [0.25, 0.3) is 0 Å². The van der Waals surface area contributed by atoms with Crippen LogP contribution in [-0.4, -0.2) is 28.1 Å². The normalized spacial score (nSPS) is 14.1. The number of phenolic OH excluding ortho intramolecular Hbond substituents is 1. The van der Waals surface area contributed by atoms with Gasteiger partial charge >= 0.3 is 6.03 Å². The first-order valence-electron chi connectivity index (χ1n) is 8.19. The van der Waals surface area contributed by atoms with Gasteiger partial charge in [-0.2, -0.15) is 0 Å². The molecular formula is C19H23N3O3. The third kappa shape index (κ3) is 3.24. The van der Waals surface area contributed by atoms with Gasteiger partial charge in [0.2, 0.25) is 0 Å². The second-order valence-corrected chi connectivity index (χ2v) is 7.23. The fourth-order valence-corrected chi connectivity index (χ4v) is 3.02. The number of urea groups is 1. The number of hydrogen-bond donors (Lipinski definition) is 2. The van der Waals surface area contributed by atoms with Gasteiger partial charge < -0.3 is 20.1 Å². The van der Waals surface area contributed by atoms with Crippen LogP contribution in [0.4, 0.5) is 10.5 Å². The minimum Gasteiger partial charge on any atom is -0.505 e. The third-order valence-corrected chi connectivity index (χ3v) is 4.36. The minimum absolute atomic E-state index is 0.109. The Morgan fingerprint density at radius 2 is 2.16 bits per heavy atom. The number of nitrogens with zero attached hydrogens (tertiary/aromatic N) is 2. The van der Waals surface area contributed by atoms with Crippen LogP contribution in [0.15, 0.2) is 30.6 Å². The van der Waals surface area contributed by atoms with Crippen LogP contribution in [0, 0.1) is 0 Å². The Hall–Kier alpha value is -2.76. The van der Waals surface area contributed by atoms with Crippen LogP contribution in [0.1, 0.15) is 37.5 Å². The number of aromatic hydroxyl groups is 1. The van der Waals surface area contributed by atoms with E-state index in [2.05, 4.69) is 10.3 Å². The number of nitrogens with one attached hydrogen (secondary N) is 1. The molecule has 0 saturated heterocycles. The topological polar surface area (TPSA) is 74.7 Å². The number of rotatable bonds is 3. The molecule has 1 aromatic carbocycles. The molecule has 2 amide bonds. The first-order valence-corrected chi connectivity index (χ1v) is 8.19. The van der Waals surface area contributed by atoms with Crippen LogP contribution in [0.3, 0.4) is 0 Å². The number of anilines is 1. The van der Waals surface area contributed by atoms with E-state index in [0.29, 0.717) is 24.5 Å². The molecule has 25 heavy (non-hydrogen) atoms. The standard InChI is InChI=1S/C19H23N3O3/c1-19(2,3)14-8-15(25-4)13-11-22(10-12-6-5-7-20-9-12)18(24)21-16(13)17(14)23/h5-9,23H,10-11H2,1-4H3,(H,21,24). The fourth-order valence-electron chi connectivity index (χ4n) is 3.02. The molecule has 1 aliphatic heterocycles. The molecular weight excluding hydrogens is 318 g/mol. The highest BCUT2D eigenvalue weighted by atomic mass is 16.5. The van der Waals surface area contributed by atoms with Crippen LogP contribution < -0.4 is 10.1 Å². The second kappa shape index (κ2) is 6.27. The maximum atomic E-state index is 12.5. The van der Waals surface area contributed by atoms with Gasteiger partial charge in [0.15, 0.2) is 0 Å². The predicted octanol–water partition coefficient (Wildman–Crippen LogP) is 3.64. The van der Waals surface area contributed by atoms with Crippen molar-refractivity contribution in [1.29, 1.82) is 0 Å². The average molecular weight is 341 g/mol. The van der Waals surface area contributed by atoms with Gasteiger partial charge in [0.1, 0.15) is 11.5 Å². The Bertz CT molecular complexity index is 798. The van der Waals surface area contributed by atoms with Crippen molar-refractivity contribution in [3.63, 3.8) is 0 Å². The maximum Gasteiger partial charge on any atom is 0.322 e. The zero-order valence-corrected chi connectivity index (χ0v) is 15.0. The Labute approximate surface area is 147 Å². The summed E-state index contributed by atoms with van der Waals surface area (Å²) in [6.07, 6.45) is 3.43. The van der Waals surface area contributed by atoms with Crippen LogP contribution in [-0.2, 0) is 18.5 Å². The maximum absolute atomic E-state index is 12.5. The summed E-state index contributed by atoms with van der Waals surface area (Å²) in [4.78, 5) is 18.3. The largest absolute Gasteiger partial charge is 0.505 e. The van der Waals surface area contributed by atoms with E-state index >= 15 is 0 Å². The predicted molar refractivity (Wildman–Crippen MR) is 95.9 cm³/mol. The van der Waals surface area contributed by atoms with E-state index in [9.17, 15) is 9.90 Å². The lowest BCUT2D eigenvalue weighted by Crippen LogP contribution is -2.38.